The minimum absolute atomic E-state index is 0.0241. The first-order valence-corrected chi connectivity index (χ1v) is 11.7. The van der Waals surface area contributed by atoms with E-state index in [1.807, 2.05) is 60.0 Å². The van der Waals surface area contributed by atoms with Crippen molar-refractivity contribution in [2.24, 2.45) is 5.92 Å². The van der Waals surface area contributed by atoms with Gasteiger partial charge >= 0.3 is 0 Å². The van der Waals surface area contributed by atoms with Crippen LogP contribution < -0.4 is 10.2 Å². The predicted molar refractivity (Wildman–Crippen MR) is 129 cm³/mol. The third kappa shape index (κ3) is 3.39. The second-order valence-electron chi connectivity index (χ2n) is 9.94. The van der Waals surface area contributed by atoms with E-state index in [9.17, 15) is 9.59 Å². The number of allylic oxidation sites excluding steroid dienone is 1. The maximum Gasteiger partial charge on any atom is 0.255 e. The Hall–Kier alpha value is -3.28. The SMILES string of the molecule is CC(C)=CCN1C(=O)C2=C(Nc3ccccc3N(C(=O)C3CCC3)C2c2ccco2)C1(C)C. The molecule has 1 unspecified atom stereocenters. The molecule has 1 atom stereocenters. The van der Waals surface area contributed by atoms with Crippen LogP contribution in [0.4, 0.5) is 11.4 Å². The zero-order chi connectivity index (χ0) is 23.3. The van der Waals surface area contributed by atoms with Gasteiger partial charge in [0.2, 0.25) is 5.91 Å². The van der Waals surface area contributed by atoms with Crippen LogP contribution in [-0.4, -0.2) is 28.8 Å². The van der Waals surface area contributed by atoms with Crippen molar-refractivity contribution in [3.63, 3.8) is 0 Å². The number of anilines is 2. The molecule has 1 aromatic carbocycles. The van der Waals surface area contributed by atoms with Gasteiger partial charge in [-0.15, -0.1) is 0 Å². The van der Waals surface area contributed by atoms with Crippen molar-refractivity contribution in [1.29, 1.82) is 0 Å². The van der Waals surface area contributed by atoms with E-state index in [-0.39, 0.29) is 17.7 Å². The first kappa shape index (κ1) is 21.6. The van der Waals surface area contributed by atoms with Gasteiger partial charge < -0.3 is 14.6 Å². The summed E-state index contributed by atoms with van der Waals surface area (Å²) in [5, 5.41) is 3.57. The lowest BCUT2D eigenvalue weighted by molar-refractivity contribution is -0.128. The normalized spacial score (nSPS) is 21.7. The van der Waals surface area contributed by atoms with Crippen molar-refractivity contribution >= 4 is 23.2 Å². The number of amides is 2. The van der Waals surface area contributed by atoms with Crippen LogP contribution in [0, 0.1) is 5.92 Å². The van der Waals surface area contributed by atoms with Crippen LogP contribution in [-0.2, 0) is 9.59 Å². The number of nitrogens with zero attached hydrogens (tertiary/aromatic N) is 2. The van der Waals surface area contributed by atoms with E-state index in [1.54, 1.807) is 6.26 Å². The van der Waals surface area contributed by atoms with Gasteiger partial charge in [-0.1, -0.05) is 30.2 Å². The second-order valence-corrected chi connectivity index (χ2v) is 9.94. The highest BCUT2D eigenvalue weighted by molar-refractivity contribution is 6.07. The average molecular weight is 446 g/mol. The molecule has 3 heterocycles. The summed E-state index contributed by atoms with van der Waals surface area (Å²) in [4.78, 5) is 31.6. The topological polar surface area (TPSA) is 65.8 Å². The molecule has 1 aliphatic carbocycles. The van der Waals surface area contributed by atoms with E-state index in [1.165, 1.54) is 0 Å². The molecule has 3 aliphatic rings. The van der Waals surface area contributed by atoms with Crippen LogP contribution in [0.1, 0.15) is 58.8 Å². The molecule has 1 fully saturated rings. The van der Waals surface area contributed by atoms with Gasteiger partial charge in [-0.3, -0.25) is 14.5 Å². The van der Waals surface area contributed by atoms with E-state index in [0.29, 0.717) is 17.9 Å². The number of carbonyl (C=O) groups excluding carboxylic acids is 2. The number of benzene rings is 1. The van der Waals surface area contributed by atoms with Crippen molar-refractivity contribution in [3.8, 4) is 0 Å². The Morgan fingerprint density at radius 2 is 1.94 bits per heavy atom. The Morgan fingerprint density at radius 1 is 1.18 bits per heavy atom. The van der Waals surface area contributed by atoms with E-state index >= 15 is 0 Å². The maximum atomic E-state index is 14.0. The molecule has 6 nitrogen and oxygen atoms in total. The Kier molecular flexibility index (Phi) is 5.19. The van der Waals surface area contributed by atoms with Crippen LogP contribution in [0.3, 0.4) is 0 Å². The Labute approximate surface area is 194 Å². The molecule has 2 amide bonds. The first-order chi connectivity index (χ1) is 15.8. The first-order valence-electron chi connectivity index (χ1n) is 11.7. The Balaban J connectivity index is 1.72. The van der Waals surface area contributed by atoms with Crippen molar-refractivity contribution in [2.75, 3.05) is 16.8 Å². The fourth-order valence-corrected chi connectivity index (χ4v) is 5.04. The number of hydrogen-bond acceptors (Lipinski definition) is 4. The number of furan rings is 1. The highest BCUT2D eigenvalue weighted by Gasteiger charge is 2.52. The third-order valence-electron chi connectivity index (χ3n) is 7.17. The van der Waals surface area contributed by atoms with Gasteiger partial charge in [0.05, 0.1) is 34.4 Å². The molecule has 6 heteroatoms. The van der Waals surface area contributed by atoms with Crippen LogP contribution in [0.15, 0.2) is 70.0 Å². The monoisotopic (exact) mass is 445 g/mol. The largest absolute Gasteiger partial charge is 0.467 e. The van der Waals surface area contributed by atoms with E-state index in [2.05, 4.69) is 25.2 Å². The van der Waals surface area contributed by atoms with Crippen LogP contribution in [0.5, 0.6) is 0 Å². The van der Waals surface area contributed by atoms with Gasteiger partial charge in [-0.25, -0.2) is 0 Å². The van der Waals surface area contributed by atoms with Gasteiger partial charge in [-0.2, -0.15) is 0 Å². The molecule has 0 spiro atoms. The zero-order valence-electron chi connectivity index (χ0n) is 19.7. The number of para-hydroxylation sites is 2. The molecule has 172 valence electrons. The molecule has 2 aliphatic heterocycles. The zero-order valence-corrected chi connectivity index (χ0v) is 19.7. The van der Waals surface area contributed by atoms with Gasteiger partial charge in [-0.05, 0) is 64.8 Å². The summed E-state index contributed by atoms with van der Waals surface area (Å²) in [5.41, 5.74) is 3.60. The molecule has 0 saturated heterocycles. The molecule has 0 bridgehead atoms. The average Bonchev–Trinajstić information content (AvgIpc) is 3.26. The predicted octanol–water partition coefficient (Wildman–Crippen LogP) is 5.42. The minimum Gasteiger partial charge on any atom is -0.467 e. The summed E-state index contributed by atoms with van der Waals surface area (Å²) >= 11 is 0. The quantitative estimate of drug-likeness (QED) is 0.638. The van der Waals surface area contributed by atoms with Crippen LogP contribution >= 0.6 is 0 Å². The lowest BCUT2D eigenvalue weighted by Crippen LogP contribution is -2.46. The second kappa shape index (κ2) is 7.94. The summed E-state index contributed by atoms with van der Waals surface area (Å²) in [6, 6.07) is 10.9. The maximum absolute atomic E-state index is 14.0. The minimum atomic E-state index is -0.622. The summed E-state index contributed by atoms with van der Waals surface area (Å²) in [5.74, 6) is 0.561. The molecule has 2 aromatic rings. The summed E-state index contributed by atoms with van der Waals surface area (Å²) < 4.78 is 5.88. The van der Waals surface area contributed by atoms with Crippen molar-refractivity contribution in [3.05, 3.63) is 71.3 Å². The molecule has 5 rings (SSSR count). The fraction of sp³-hybridized carbons (Fsp3) is 0.407. The van der Waals surface area contributed by atoms with Gasteiger partial charge in [0.15, 0.2) is 0 Å². The number of hydrogen-bond donors (Lipinski definition) is 1. The molecule has 1 saturated carbocycles. The molecular formula is C27H31N3O3. The Bertz CT molecular complexity index is 1150. The van der Waals surface area contributed by atoms with E-state index in [0.717, 1.165) is 41.9 Å². The van der Waals surface area contributed by atoms with Gasteiger partial charge in [0.1, 0.15) is 11.8 Å². The Morgan fingerprint density at radius 3 is 2.58 bits per heavy atom. The van der Waals surface area contributed by atoms with Crippen molar-refractivity contribution in [1.82, 2.24) is 4.90 Å². The molecule has 33 heavy (non-hydrogen) atoms. The van der Waals surface area contributed by atoms with Gasteiger partial charge in [0, 0.05) is 12.5 Å². The smallest absolute Gasteiger partial charge is 0.255 e. The summed E-state index contributed by atoms with van der Waals surface area (Å²) in [6.07, 6.45) is 6.50. The van der Waals surface area contributed by atoms with Crippen LogP contribution in [0.2, 0.25) is 0 Å². The number of rotatable bonds is 4. The van der Waals surface area contributed by atoms with E-state index < -0.39 is 11.6 Å². The summed E-state index contributed by atoms with van der Waals surface area (Å²) in [6.45, 7) is 8.69. The third-order valence-corrected chi connectivity index (χ3v) is 7.17. The number of nitrogens with one attached hydrogen (secondary N) is 1. The lowest BCUT2D eigenvalue weighted by atomic mass is 9.83. The van der Waals surface area contributed by atoms with Gasteiger partial charge in [0.25, 0.3) is 5.91 Å². The summed E-state index contributed by atoms with van der Waals surface area (Å²) in [7, 11) is 0. The highest BCUT2D eigenvalue weighted by atomic mass is 16.3. The van der Waals surface area contributed by atoms with Crippen LogP contribution in [0.25, 0.3) is 0 Å². The molecular weight excluding hydrogens is 414 g/mol. The number of carbonyl (C=O) groups is 2. The highest BCUT2D eigenvalue weighted by Crippen LogP contribution is 2.50. The molecule has 1 N–H and O–H groups in total. The van der Waals surface area contributed by atoms with E-state index in [4.69, 9.17) is 4.42 Å². The molecule has 0 radical (unpaired) electrons. The standard InChI is InChI=1S/C27H31N3O3/c1-17(2)14-15-29-26(32)22-23(21-13-8-16-33-21)30(25(31)18-9-7-10-18)20-12-6-5-11-19(20)28-24(22)27(29,3)4/h5-6,8,11-14,16,18,23,28H,7,9-10,15H2,1-4H3. The lowest BCUT2D eigenvalue weighted by Gasteiger charge is -2.37. The number of fused-ring (bicyclic) bond motifs is 1. The molecule has 1 aromatic heterocycles. The fourth-order valence-electron chi connectivity index (χ4n) is 5.04. The van der Waals surface area contributed by atoms with Crippen molar-refractivity contribution in [2.45, 2.75) is 58.5 Å². The van der Waals surface area contributed by atoms with Crippen molar-refractivity contribution < 1.29 is 14.0 Å².